The van der Waals surface area contributed by atoms with Crippen molar-refractivity contribution in [2.24, 2.45) is 0 Å². The third kappa shape index (κ3) is 3.30. The van der Waals surface area contributed by atoms with Gasteiger partial charge in [-0.2, -0.15) is 0 Å². The number of aromatic hydroxyl groups is 2. The second-order valence-corrected chi connectivity index (χ2v) is 5.01. The molecular formula is C17H13NO6. The lowest BCUT2D eigenvalue weighted by atomic mass is 10.1. The highest BCUT2D eigenvalue weighted by Gasteiger charge is 2.26. The normalized spacial score (nSPS) is 15.2. The Hall–Kier alpha value is -3.48. The van der Waals surface area contributed by atoms with Gasteiger partial charge in [-0.1, -0.05) is 30.3 Å². The first-order chi connectivity index (χ1) is 11.5. The lowest BCUT2D eigenvalue weighted by Gasteiger charge is -2.11. The number of amides is 2. The Balaban J connectivity index is 1.80. The van der Waals surface area contributed by atoms with Crippen LogP contribution in [0.4, 0.5) is 4.79 Å². The molecule has 7 nitrogen and oxygen atoms in total. The van der Waals surface area contributed by atoms with Gasteiger partial charge in [-0.15, -0.1) is 0 Å². The van der Waals surface area contributed by atoms with Crippen molar-refractivity contribution < 1.29 is 29.3 Å². The predicted octanol–water partition coefficient (Wildman–Crippen LogP) is 2.28. The molecule has 0 aliphatic carbocycles. The van der Waals surface area contributed by atoms with Crippen LogP contribution >= 0.6 is 0 Å². The van der Waals surface area contributed by atoms with Crippen molar-refractivity contribution in [2.45, 2.75) is 6.61 Å². The molecule has 3 N–H and O–H groups in total. The van der Waals surface area contributed by atoms with Gasteiger partial charge in [0, 0.05) is 0 Å². The van der Waals surface area contributed by atoms with E-state index in [1.165, 1.54) is 18.2 Å². The van der Waals surface area contributed by atoms with Gasteiger partial charge in [0.05, 0.1) is 0 Å². The first kappa shape index (κ1) is 15.4. The van der Waals surface area contributed by atoms with E-state index < -0.39 is 12.0 Å². The Kier molecular flexibility index (Phi) is 4.07. The van der Waals surface area contributed by atoms with Crippen LogP contribution in [0, 0.1) is 0 Å². The zero-order valence-corrected chi connectivity index (χ0v) is 12.4. The molecule has 0 atom stereocenters. The number of hydrogen-bond donors (Lipinski definition) is 3. The van der Waals surface area contributed by atoms with Crippen molar-refractivity contribution in [3.8, 4) is 17.2 Å². The highest BCUT2D eigenvalue weighted by atomic mass is 16.6. The lowest BCUT2D eigenvalue weighted by molar-refractivity contribution is -0.116. The van der Waals surface area contributed by atoms with Crippen LogP contribution in [0.2, 0.25) is 0 Å². The largest absolute Gasteiger partial charge is 0.504 e. The van der Waals surface area contributed by atoms with Gasteiger partial charge in [0.15, 0.2) is 17.3 Å². The molecule has 0 radical (unpaired) electrons. The number of phenolic OH excluding ortho intramolecular Hbond substituents is 2. The van der Waals surface area contributed by atoms with E-state index in [1.54, 1.807) is 0 Å². The summed E-state index contributed by atoms with van der Waals surface area (Å²) in [5.74, 6) is -1.60. The number of hydrogen-bond acceptors (Lipinski definition) is 6. The van der Waals surface area contributed by atoms with Gasteiger partial charge in [0.25, 0.3) is 5.91 Å². The SMILES string of the molecule is O=C1NC(=O)/C(=C/c2cc(O)c(OCc3ccccc3)c(O)c2)O1. The number of cyclic esters (lactones) is 1. The maximum Gasteiger partial charge on any atom is 0.419 e. The summed E-state index contributed by atoms with van der Waals surface area (Å²) in [7, 11) is 0. The molecule has 1 aliphatic heterocycles. The fraction of sp³-hybridized carbons (Fsp3) is 0.0588. The summed E-state index contributed by atoms with van der Waals surface area (Å²) in [5, 5.41) is 22.0. The molecule has 0 aromatic heterocycles. The molecule has 0 unspecified atom stereocenters. The first-order valence-electron chi connectivity index (χ1n) is 7.00. The third-order valence-electron chi connectivity index (χ3n) is 3.24. The lowest BCUT2D eigenvalue weighted by Crippen LogP contribution is -2.18. The van der Waals surface area contributed by atoms with E-state index >= 15 is 0 Å². The van der Waals surface area contributed by atoms with Crippen molar-refractivity contribution in [3.63, 3.8) is 0 Å². The fourth-order valence-electron chi connectivity index (χ4n) is 2.15. The van der Waals surface area contributed by atoms with E-state index in [0.717, 1.165) is 5.56 Å². The Morgan fingerprint density at radius 3 is 2.33 bits per heavy atom. The molecule has 7 heteroatoms. The number of carbonyl (C=O) groups is 2. The molecule has 1 saturated heterocycles. The second-order valence-electron chi connectivity index (χ2n) is 5.01. The van der Waals surface area contributed by atoms with Crippen LogP contribution in [0.1, 0.15) is 11.1 Å². The standard InChI is InChI=1S/C17H13NO6/c19-12-6-11(8-14-16(21)18-17(22)24-14)7-13(20)15(12)23-9-10-4-2-1-3-5-10/h1-8,19-20H,9H2,(H,18,21,22)/b14-8-. The number of alkyl carbamates (subject to hydrolysis) is 1. The van der Waals surface area contributed by atoms with Crippen LogP contribution in [0.25, 0.3) is 6.08 Å². The number of ether oxygens (including phenoxy) is 2. The zero-order valence-electron chi connectivity index (χ0n) is 12.4. The van der Waals surface area contributed by atoms with Crippen LogP contribution in [0.15, 0.2) is 48.2 Å². The Bertz CT molecular complexity index is 805. The van der Waals surface area contributed by atoms with Crippen molar-refractivity contribution >= 4 is 18.1 Å². The van der Waals surface area contributed by atoms with Crippen LogP contribution in [-0.2, 0) is 16.1 Å². The summed E-state index contributed by atoms with van der Waals surface area (Å²) in [6.45, 7) is 0.169. The smallest absolute Gasteiger partial charge is 0.419 e. The molecule has 0 bridgehead atoms. The maximum absolute atomic E-state index is 11.4. The zero-order chi connectivity index (χ0) is 17.1. The third-order valence-corrected chi connectivity index (χ3v) is 3.24. The summed E-state index contributed by atoms with van der Waals surface area (Å²) in [5.41, 5.74) is 1.15. The summed E-state index contributed by atoms with van der Waals surface area (Å²) in [4.78, 5) is 22.4. The summed E-state index contributed by atoms with van der Waals surface area (Å²) in [6.07, 6.45) is 0.350. The summed E-state index contributed by atoms with van der Waals surface area (Å²) < 4.78 is 10.1. The molecule has 1 heterocycles. The Morgan fingerprint density at radius 1 is 1.08 bits per heavy atom. The molecule has 1 fully saturated rings. The number of imide groups is 1. The number of rotatable bonds is 4. The molecule has 24 heavy (non-hydrogen) atoms. The molecule has 2 aromatic carbocycles. The van der Waals surface area contributed by atoms with Crippen LogP contribution in [0.3, 0.4) is 0 Å². The molecule has 122 valence electrons. The molecular weight excluding hydrogens is 314 g/mol. The monoisotopic (exact) mass is 327 g/mol. The van der Waals surface area contributed by atoms with Gasteiger partial charge in [0.2, 0.25) is 5.75 Å². The van der Waals surface area contributed by atoms with E-state index in [1.807, 2.05) is 35.6 Å². The minimum atomic E-state index is -0.873. The summed E-state index contributed by atoms with van der Waals surface area (Å²) in [6, 6.07) is 11.8. The highest BCUT2D eigenvalue weighted by molar-refractivity contribution is 6.09. The Morgan fingerprint density at radius 2 is 1.75 bits per heavy atom. The van der Waals surface area contributed by atoms with Crippen molar-refractivity contribution in [2.75, 3.05) is 0 Å². The number of phenols is 2. The van der Waals surface area contributed by atoms with Crippen molar-refractivity contribution in [1.82, 2.24) is 5.32 Å². The first-order valence-corrected chi connectivity index (χ1v) is 7.00. The molecule has 1 aliphatic rings. The number of benzene rings is 2. The van der Waals surface area contributed by atoms with Gasteiger partial charge in [-0.05, 0) is 29.3 Å². The van der Waals surface area contributed by atoms with Crippen LogP contribution in [0.5, 0.6) is 17.2 Å². The second kappa shape index (κ2) is 6.33. The van der Waals surface area contributed by atoms with Gasteiger partial charge in [-0.25, -0.2) is 4.79 Å². The topological polar surface area (TPSA) is 105 Å². The van der Waals surface area contributed by atoms with Gasteiger partial charge >= 0.3 is 6.09 Å². The van der Waals surface area contributed by atoms with Gasteiger partial charge in [0.1, 0.15) is 6.61 Å². The molecule has 0 spiro atoms. The van der Waals surface area contributed by atoms with Crippen LogP contribution in [-0.4, -0.2) is 22.2 Å². The maximum atomic E-state index is 11.4. The fourth-order valence-corrected chi connectivity index (χ4v) is 2.15. The minimum absolute atomic E-state index is 0.0751. The van der Waals surface area contributed by atoms with E-state index in [-0.39, 0.29) is 35.2 Å². The molecule has 3 rings (SSSR count). The van der Waals surface area contributed by atoms with Gasteiger partial charge in [-0.3, -0.25) is 10.1 Å². The number of carbonyl (C=O) groups excluding carboxylic acids is 2. The van der Waals surface area contributed by atoms with Crippen LogP contribution < -0.4 is 10.1 Å². The quantitative estimate of drug-likeness (QED) is 0.744. The minimum Gasteiger partial charge on any atom is -0.504 e. The highest BCUT2D eigenvalue weighted by Crippen LogP contribution is 2.38. The predicted molar refractivity (Wildman–Crippen MR) is 83.1 cm³/mol. The van der Waals surface area contributed by atoms with E-state index in [4.69, 9.17) is 4.74 Å². The van der Waals surface area contributed by atoms with Crippen molar-refractivity contribution in [1.29, 1.82) is 0 Å². The van der Waals surface area contributed by atoms with E-state index in [0.29, 0.717) is 0 Å². The van der Waals surface area contributed by atoms with E-state index in [9.17, 15) is 19.8 Å². The van der Waals surface area contributed by atoms with Gasteiger partial charge < -0.3 is 19.7 Å². The number of nitrogens with one attached hydrogen (secondary N) is 1. The Labute approximate surface area is 136 Å². The average molecular weight is 327 g/mol. The molecule has 2 aromatic rings. The summed E-state index contributed by atoms with van der Waals surface area (Å²) >= 11 is 0. The molecule has 0 saturated carbocycles. The molecule has 2 amide bonds. The van der Waals surface area contributed by atoms with Crippen molar-refractivity contribution in [3.05, 3.63) is 59.4 Å². The average Bonchev–Trinajstić information content (AvgIpc) is 2.85. The van der Waals surface area contributed by atoms with E-state index in [2.05, 4.69) is 4.74 Å².